The summed E-state index contributed by atoms with van der Waals surface area (Å²) in [7, 11) is 0. The number of amides is 1. The second-order valence-corrected chi connectivity index (χ2v) is 6.60. The van der Waals surface area contributed by atoms with Crippen molar-refractivity contribution in [3.8, 4) is 0 Å². The van der Waals surface area contributed by atoms with Gasteiger partial charge in [0.15, 0.2) is 0 Å². The number of nitrogens with zero attached hydrogens (tertiary/aromatic N) is 1. The van der Waals surface area contributed by atoms with E-state index < -0.39 is 5.60 Å². The molecule has 1 aromatic carbocycles. The van der Waals surface area contributed by atoms with Crippen molar-refractivity contribution in [3.63, 3.8) is 0 Å². The average molecular weight is 288 g/mol. The molecule has 2 unspecified atom stereocenters. The van der Waals surface area contributed by atoms with Crippen LogP contribution in [0.4, 0.5) is 0 Å². The van der Waals surface area contributed by atoms with Crippen molar-refractivity contribution in [3.05, 3.63) is 35.4 Å². The Kier molecular flexibility index (Phi) is 4.00. The molecule has 21 heavy (non-hydrogen) atoms. The van der Waals surface area contributed by atoms with Gasteiger partial charge in [-0.1, -0.05) is 25.0 Å². The van der Waals surface area contributed by atoms with Gasteiger partial charge in [0.1, 0.15) is 0 Å². The first kappa shape index (κ1) is 14.5. The molecule has 2 aliphatic rings. The van der Waals surface area contributed by atoms with Crippen LogP contribution in [0.1, 0.15) is 48.0 Å². The van der Waals surface area contributed by atoms with Crippen molar-refractivity contribution in [1.29, 1.82) is 0 Å². The highest BCUT2D eigenvalue weighted by Crippen LogP contribution is 2.40. The van der Waals surface area contributed by atoms with Crippen LogP contribution < -0.4 is 5.73 Å². The Hall–Kier alpha value is -1.39. The highest BCUT2D eigenvalue weighted by Gasteiger charge is 2.42. The molecule has 2 fully saturated rings. The van der Waals surface area contributed by atoms with Gasteiger partial charge in [-0.15, -0.1) is 0 Å². The summed E-state index contributed by atoms with van der Waals surface area (Å²) >= 11 is 0. The van der Waals surface area contributed by atoms with Gasteiger partial charge < -0.3 is 10.8 Å². The molecule has 1 amide bonds. The Morgan fingerprint density at radius 1 is 1.38 bits per heavy atom. The average Bonchev–Trinajstić information content (AvgIpc) is 2.48. The molecule has 1 heterocycles. The van der Waals surface area contributed by atoms with Crippen LogP contribution in [-0.2, 0) is 6.54 Å². The zero-order chi connectivity index (χ0) is 14.9. The van der Waals surface area contributed by atoms with Crippen molar-refractivity contribution in [2.75, 3.05) is 13.1 Å². The van der Waals surface area contributed by atoms with Crippen molar-refractivity contribution in [2.45, 2.75) is 44.2 Å². The lowest BCUT2D eigenvalue weighted by atomic mass is 9.71. The first-order valence-corrected chi connectivity index (χ1v) is 7.90. The molecule has 4 heteroatoms. The van der Waals surface area contributed by atoms with E-state index >= 15 is 0 Å². The van der Waals surface area contributed by atoms with E-state index in [9.17, 15) is 9.90 Å². The molecule has 2 atom stereocenters. The molecule has 0 bridgehead atoms. The minimum Gasteiger partial charge on any atom is -0.390 e. The molecule has 1 aromatic rings. The van der Waals surface area contributed by atoms with Crippen LogP contribution in [0.3, 0.4) is 0 Å². The number of aliphatic hydroxyl groups is 1. The van der Waals surface area contributed by atoms with Gasteiger partial charge in [0.2, 0.25) is 5.91 Å². The van der Waals surface area contributed by atoms with Gasteiger partial charge in [-0.25, -0.2) is 0 Å². The van der Waals surface area contributed by atoms with Gasteiger partial charge in [-0.05, 0) is 37.0 Å². The molecule has 0 radical (unpaired) electrons. The molecular weight excluding hydrogens is 264 g/mol. The summed E-state index contributed by atoms with van der Waals surface area (Å²) in [5, 5.41) is 10.7. The molecule has 1 aliphatic heterocycles. The van der Waals surface area contributed by atoms with Crippen molar-refractivity contribution in [2.24, 2.45) is 11.7 Å². The van der Waals surface area contributed by atoms with E-state index in [0.717, 1.165) is 50.9 Å². The Bertz CT molecular complexity index is 531. The molecule has 114 valence electrons. The second-order valence-electron chi connectivity index (χ2n) is 6.60. The van der Waals surface area contributed by atoms with Gasteiger partial charge in [-0.2, -0.15) is 0 Å². The van der Waals surface area contributed by atoms with E-state index in [-0.39, 0.29) is 5.91 Å². The number of hydrogen-bond donors (Lipinski definition) is 2. The Balaban J connectivity index is 1.66. The lowest BCUT2D eigenvalue weighted by Gasteiger charge is -2.47. The van der Waals surface area contributed by atoms with E-state index in [1.54, 1.807) is 6.07 Å². The molecule has 3 rings (SSSR count). The lowest BCUT2D eigenvalue weighted by molar-refractivity contribution is -0.0967. The summed E-state index contributed by atoms with van der Waals surface area (Å²) in [6.45, 7) is 2.71. The van der Waals surface area contributed by atoms with Crippen LogP contribution in [0.2, 0.25) is 0 Å². The maximum absolute atomic E-state index is 11.3. The topological polar surface area (TPSA) is 66.6 Å². The third-order valence-corrected chi connectivity index (χ3v) is 5.13. The third-order valence-electron chi connectivity index (χ3n) is 5.13. The summed E-state index contributed by atoms with van der Waals surface area (Å²) in [5.74, 6) is 0.0245. The van der Waals surface area contributed by atoms with Crippen LogP contribution in [0.5, 0.6) is 0 Å². The number of carbonyl (C=O) groups excluding carboxylic acids is 1. The fourth-order valence-electron chi connectivity index (χ4n) is 3.86. The van der Waals surface area contributed by atoms with Crippen LogP contribution in [-0.4, -0.2) is 34.6 Å². The van der Waals surface area contributed by atoms with E-state index in [1.165, 1.54) is 6.42 Å². The number of piperidine rings is 1. The maximum Gasteiger partial charge on any atom is 0.248 e. The highest BCUT2D eigenvalue weighted by atomic mass is 16.3. The molecular formula is C17H24N2O2. The van der Waals surface area contributed by atoms with Crippen molar-refractivity contribution < 1.29 is 9.90 Å². The smallest absolute Gasteiger partial charge is 0.248 e. The molecule has 4 nitrogen and oxygen atoms in total. The van der Waals surface area contributed by atoms with Crippen molar-refractivity contribution in [1.82, 2.24) is 4.90 Å². The summed E-state index contributed by atoms with van der Waals surface area (Å²) in [6.07, 6.45) is 5.36. The summed E-state index contributed by atoms with van der Waals surface area (Å²) in [5.41, 5.74) is 6.59. The monoisotopic (exact) mass is 288 g/mol. The lowest BCUT2D eigenvalue weighted by Crippen LogP contribution is -2.52. The number of benzene rings is 1. The minimum atomic E-state index is -0.427. The molecule has 1 saturated heterocycles. The zero-order valence-electron chi connectivity index (χ0n) is 12.4. The summed E-state index contributed by atoms with van der Waals surface area (Å²) in [6, 6.07) is 7.55. The van der Waals surface area contributed by atoms with Crippen molar-refractivity contribution >= 4 is 5.91 Å². The van der Waals surface area contributed by atoms with Gasteiger partial charge in [0.25, 0.3) is 0 Å². The highest BCUT2D eigenvalue weighted by molar-refractivity contribution is 5.92. The molecule has 1 saturated carbocycles. The van der Waals surface area contributed by atoms with Crippen LogP contribution in [0, 0.1) is 5.92 Å². The fourth-order valence-corrected chi connectivity index (χ4v) is 3.86. The predicted molar refractivity (Wildman–Crippen MR) is 81.8 cm³/mol. The minimum absolute atomic E-state index is 0.378. The van der Waals surface area contributed by atoms with E-state index in [4.69, 9.17) is 5.73 Å². The van der Waals surface area contributed by atoms with Gasteiger partial charge in [0, 0.05) is 31.1 Å². The molecule has 0 aromatic heterocycles. The van der Waals surface area contributed by atoms with Crippen LogP contribution in [0.25, 0.3) is 0 Å². The second kappa shape index (κ2) is 5.78. The molecule has 3 N–H and O–H groups in total. The van der Waals surface area contributed by atoms with E-state index in [1.807, 2.05) is 18.2 Å². The van der Waals surface area contributed by atoms with Crippen LogP contribution in [0.15, 0.2) is 24.3 Å². The quantitative estimate of drug-likeness (QED) is 0.893. The number of primary amides is 1. The number of likely N-dealkylation sites (tertiary alicyclic amines) is 1. The maximum atomic E-state index is 11.3. The normalized spacial score (nSPS) is 29.9. The first-order chi connectivity index (χ1) is 10.1. The Morgan fingerprint density at radius 2 is 2.24 bits per heavy atom. The largest absolute Gasteiger partial charge is 0.390 e. The SMILES string of the molecule is NC(=O)c1cccc(CN2CCC3(O)CCCCC3C2)c1. The van der Waals surface area contributed by atoms with E-state index in [2.05, 4.69) is 4.90 Å². The number of rotatable bonds is 3. The van der Waals surface area contributed by atoms with Gasteiger partial charge >= 0.3 is 0 Å². The van der Waals surface area contributed by atoms with E-state index in [0.29, 0.717) is 11.5 Å². The summed E-state index contributed by atoms with van der Waals surface area (Å²) in [4.78, 5) is 13.6. The molecule has 0 spiro atoms. The standard InChI is InChI=1S/C17H24N2O2/c18-16(20)14-5-3-4-13(10-14)11-19-9-8-17(21)7-2-1-6-15(17)12-19/h3-5,10,15,21H,1-2,6-9,11-12H2,(H2,18,20). The van der Waals surface area contributed by atoms with Gasteiger partial charge in [0.05, 0.1) is 5.60 Å². The molecule has 1 aliphatic carbocycles. The predicted octanol–water partition coefficient (Wildman–Crippen LogP) is 1.91. The number of carbonyl (C=O) groups is 1. The van der Waals surface area contributed by atoms with Crippen LogP contribution >= 0.6 is 0 Å². The first-order valence-electron chi connectivity index (χ1n) is 7.90. The summed E-state index contributed by atoms with van der Waals surface area (Å²) < 4.78 is 0. The number of nitrogens with two attached hydrogens (primary N) is 1. The van der Waals surface area contributed by atoms with Gasteiger partial charge in [-0.3, -0.25) is 9.69 Å². The number of fused-ring (bicyclic) bond motifs is 1. The third kappa shape index (κ3) is 3.11. The fraction of sp³-hybridized carbons (Fsp3) is 0.588. The Morgan fingerprint density at radius 3 is 3.05 bits per heavy atom. The zero-order valence-corrected chi connectivity index (χ0v) is 12.4. The Labute approximate surface area is 125 Å². The number of hydrogen-bond acceptors (Lipinski definition) is 3.